The first-order chi connectivity index (χ1) is 9.08. The maximum Gasteiger partial charge on any atom is 0.231 e. The summed E-state index contributed by atoms with van der Waals surface area (Å²) in [4.78, 5) is 11.7. The number of ether oxygens (including phenoxy) is 1. The fourth-order valence-electron chi connectivity index (χ4n) is 2.97. The van der Waals surface area contributed by atoms with E-state index in [2.05, 4.69) is 5.32 Å². The van der Waals surface area contributed by atoms with E-state index in [0.29, 0.717) is 0 Å². The molecule has 4 nitrogen and oxygen atoms in total. The molecule has 1 fully saturated rings. The third-order valence-electron chi connectivity index (χ3n) is 4.15. The van der Waals surface area contributed by atoms with Crippen LogP contribution in [0.15, 0.2) is 12.1 Å². The molecule has 3 atom stereocenters. The summed E-state index contributed by atoms with van der Waals surface area (Å²) in [5.74, 6) is -0.118. The molecule has 0 saturated carbocycles. The van der Waals surface area contributed by atoms with Crippen LogP contribution in [0.5, 0.6) is 0 Å². The summed E-state index contributed by atoms with van der Waals surface area (Å²) in [6.07, 6.45) is 1.18. The lowest BCUT2D eigenvalue weighted by atomic mass is 9.93. The van der Waals surface area contributed by atoms with Gasteiger partial charge in [-0.2, -0.15) is 0 Å². The molecule has 3 unspecified atom stereocenters. The second-order valence-corrected chi connectivity index (χ2v) is 5.51. The lowest BCUT2D eigenvalue weighted by Gasteiger charge is -2.19. The molecule has 1 aromatic carbocycles. The van der Waals surface area contributed by atoms with Crippen molar-refractivity contribution in [2.75, 3.05) is 11.9 Å². The minimum Gasteiger partial charge on any atom is -0.386 e. The van der Waals surface area contributed by atoms with Crippen molar-refractivity contribution < 1.29 is 14.6 Å². The summed E-state index contributed by atoms with van der Waals surface area (Å²) in [5, 5.41) is 13.3. The molecule has 4 heteroatoms. The Morgan fingerprint density at radius 1 is 1.47 bits per heavy atom. The van der Waals surface area contributed by atoms with Crippen molar-refractivity contribution in [2.24, 2.45) is 0 Å². The van der Waals surface area contributed by atoms with Crippen LogP contribution in [0.1, 0.15) is 48.5 Å². The predicted molar refractivity (Wildman–Crippen MR) is 72.2 cm³/mol. The number of rotatable bonds is 2. The number of aliphatic hydroxyl groups is 1. The number of nitrogens with one attached hydrogen (secondary N) is 1. The van der Waals surface area contributed by atoms with Crippen molar-refractivity contribution in [3.8, 4) is 0 Å². The van der Waals surface area contributed by atoms with Crippen molar-refractivity contribution in [3.63, 3.8) is 0 Å². The molecule has 1 amide bonds. The molecule has 0 radical (unpaired) electrons. The maximum absolute atomic E-state index is 11.7. The highest BCUT2D eigenvalue weighted by Crippen LogP contribution is 2.38. The van der Waals surface area contributed by atoms with Gasteiger partial charge in [-0.3, -0.25) is 4.79 Å². The first-order valence-corrected chi connectivity index (χ1v) is 6.83. The third-order valence-corrected chi connectivity index (χ3v) is 4.15. The molecule has 0 aromatic heterocycles. The van der Waals surface area contributed by atoms with Gasteiger partial charge in [0.2, 0.25) is 5.91 Å². The van der Waals surface area contributed by atoms with Crippen LogP contribution in [-0.2, 0) is 9.53 Å². The van der Waals surface area contributed by atoms with E-state index in [1.54, 1.807) is 0 Å². The second-order valence-electron chi connectivity index (χ2n) is 5.51. The van der Waals surface area contributed by atoms with Gasteiger partial charge in [0.25, 0.3) is 0 Å². The van der Waals surface area contributed by atoms with Crippen molar-refractivity contribution in [3.05, 3.63) is 28.8 Å². The van der Waals surface area contributed by atoms with Gasteiger partial charge in [0.15, 0.2) is 0 Å². The molecule has 102 valence electrons. The van der Waals surface area contributed by atoms with Gasteiger partial charge in [-0.15, -0.1) is 0 Å². The van der Waals surface area contributed by atoms with E-state index in [4.69, 9.17) is 4.74 Å². The van der Waals surface area contributed by atoms with Gasteiger partial charge in [0, 0.05) is 12.3 Å². The van der Waals surface area contributed by atoms with Crippen LogP contribution in [0.25, 0.3) is 0 Å². The number of carbonyl (C=O) groups excluding carboxylic acids is 1. The first-order valence-electron chi connectivity index (χ1n) is 6.83. The van der Waals surface area contributed by atoms with E-state index < -0.39 is 6.10 Å². The van der Waals surface area contributed by atoms with Crippen LogP contribution in [0, 0.1) is 6.92 Å². The van der Waals surface area contributed by atoms with E-state index in [1.807, 2.05) is 26.0 Å². The summed E-state index contributed by atoms with van der Waals surface area (Å²) >= 11 is 0. The molecule has 2 heterocycles. The molecular weight excluding hydrogens is 242 g/mol. The van der Waals surface area contributed by atoms with Crippen LogP contribution < -0.4 is 5.32 Å². The van der Waals surface area contributed by atoms with Crippen molar-refractivity contribution in [1.29, 1.82) is 0 Å². The average molecular weight is 261 g/mol. The minimum atomic E-state index is -0.602. The Kier molecular flexibility index (Phi) is 3.07. The zero-order valence-electron chi connectivity index (χ0n) is 11.3. The molecule has 19 heavy (non-hydrogen) atoms. The number of hydrogen-bond donors (Lipinski definition) is 2. The number of aliphatic hydroxyl groups excluding tert-OH is 1. The van der Waals surface area contributed by atoms with Crippen LogP contribution in [0.3, 0.4) is 0 Å². The van der Waals surface area contributed by atoms with Crippen molar-refractivity contribution in [1.82, 2.24) is 0 Å². The number of anilines is 1. The van der Waals surface area contributed by atoms with Gasteiger partial charge in [0.05, 0.1) is 12.0 Å². The Morgan fingerprint density at radius 2 is 2.26 bits per heavy atom. The Bertz CT molecular complexity index is 520. The van der Waals surface area contributed by atoms with E-state index in [1.165, 1.54) is 0 Å². The molecular formula is C15H19NO3. The van der Waals surface area contributed by atoms with Gasteiger partial charge in [-0.05, 0) is 43.4 Å². The van der Waals surface area contributed by atoms with Crippen LogP contribution >= 0.6 is 0 Å². The highest BCUT2D eigenvalue weighted by atomic mass is 16.5. The van der Waals surface area contributed by atoms with Crippen molar-refractivity contribution >= 4 is 11.6 Å². The smallest absolute Gasteiger partial charge is 0.231 e. The average Bonchev–Trinajstić information content (AvgIpc) is 3.00. The summed E-state index contributed by atoms with van der Waals surface area (Å²) < 4.78 is 5.54. The quantitative estimate of drug-likeness (QED) is 0.858. The Labute approximate surface area is 112 Å². The van der Waals surface area contributed by atoms with Crippen LogP contribution in [-0.4, -0.2) is 23.7 Å². The lowest BCUT2D eigenvalue weighted by Crippen LogP contribution is -2.17. The maximum atomic E-state index is 11.7. The zero-order valence-corrected chi connectivity index (χ0v) is 11.3. The highest BCUT2D eigenvalue weighted by molar-refractivity contribution is 6.03. The van der Waals surface area contributed by atoms with Gasteiger partial charge in [-0.25, -0.2) is 0 Å². The van der Waals surface area contributed by atoms with E-state index >= 15 is 0 Å². The SMILES string of the molecule is Cc1cc(C(O)C2CCCO2)cc2c1NC(=O)C2C. The predicted octanol–water partition coefficient (Wildman–Crippen LogP) is 2.26. The summed E-state index contributed by atoms with van der Waals surface area (Å²) in [6.45, 7) is 4.58. The largest absolute Gasteiger partial charge is 0.386 e. The fourth-order valence-corrected chi connectivity index (χ4v) is 2.97. The van der Waals surface area contributed by atoms with Crippen LogP contribution in [0.2, 0.25) is 0 Å². The molecule has 1 aromatic rings. The molecule has 1 saturated heterocycles. The standard InChI is InChI=1S/C15H19NO3/c1-8-6-10(14(17)12-4-3-5-19-12)7-11-9(2)15(18)16-13(8)11/h6-7,9,12,14,17H,3-5H2,1-2H3,(H,16,18). The number of fused-ring (bicyclic) bond motifs is 1. The minimum absolute atomic E-state index is 0.0295. The lowest BCUT2D eigenvalue weighted by molar-refractivity contribution is -0.116. The van der Waals surface area contributed by atoms with E-state index in [9.17, 15) is 9.90 Å². The molecule has 0 bridgehead atoms. The van der Waals surface area contributed by atoms with Gasteiger partial charge in [0.1, 0.15) is 6.10 Å². The fraction of sp³-hybridized carbons (Fsp3) is 0.533. The van der Waals surface area contributed by atoms with Gasteiger partial charge < -0.3 is 15.2 Å². The molecule has 0 spiro atoms. The van der Waals surface area contributed by atoms with E-state index in [-0.39, 0.29) is 17.9 Å². The number of amides is 1. The summed E-state index contributed by atoms with van der Waals surface area (Å²) in [7, 11) is 0. The molecule has 0 aliphatic carbocycles. The number of hydrogen-bond acceptors (Lipinski definition) is 3. The van der Waals surface area contributed by atoms with Crippen molar-refractivity contribution in [2.45, 2.75) is 44.8 Å². The Morgan fingerprint density at radius 3 is 2.95 bits per heavy atom. The van der Waals surface area contributed by atoms with Gasteiger partial charge >= 0.3 is 0 Å². The van der Waals surface area contributed by atoms with E-state index in [0.717, 1.165) is 41.8 Å². The summed E-state index contributed by atoms with van der Waals surface area (Å²) in [6, 6.07) is 3.89. The number of aryl methyl sites for hydroxylation is 1. The Balaban J connectivity index is 1.96. The molecule has 3 rings (SSSR count). The molecule has 2 aliphatic rings. The normalized spacial score (nSPS) is 27.2. The second kappa shape index (κ2) is 4.62. The number of benzene rings is 1. The highest BCUT2D eigenvalue weighted by Gasteiger charge is 2.31. The topological polar surface area (TPSA) is 58.6 Å². The van der Waals surface area contributed by atoms with Gasteiger partial charge in [-0.1, -0.05) is 12.1 Å². The zero-order chi connectivity index (χ0) is 13.6. The third kappa shape index (κ3) is 2.05. The number of carbonyl (C=O) groups is 1. The van der Waals surface area contributed by atoms with Crippen LogP contribution in [0.4, 0.5) is 5.69 Å². The summed E-state index contributed by atoms with van der Waals surface area (Å²) in [5.41, 5.74) is 3.74. The monoisotopic (exact) mass is 261 g/mol. The molecule has 2 N–H and O–H groups in total. The Hall–Kier alpha value is -1.39. The first kappa shape index (κ1) is 12.6. The molecule has 2 aliphatic heterocycles.